The van der Waals surface area contributed by atoms with Crippen molar-refractivity contribution in [1.82, 2.24) is 19.8 Å². The van der Waals surface area contributed by atoms with E-state index < -0.39 is 0 Å². The lowest BCUT2D eigenvalue weighted by Crippen LogP contribution is -2.47. The molecule has 3 aliphatic heterocycles. The fraction of sp³-hybridized carbons (Fsp3) is 0.429. The second-order valence-corrected chi connectivity index (χ2v) is 7.54. The van der Waals surface area contributed by atoms with Crippen molar-refractivity contribution in [3.63, 3.8) is 0 Å². The Kier molecular flexibility index (Phi) is 4.64. The largest absolute Gasteiger partial charge is 0.341 e. The Hall–Kier alpha value is -2.76. The lowest BCUT2D eigenvalue weighted by atomic mass is 9.94. The van der Waals surface area contributed by atoms with Crippen LogP contribution in [0.1, 0.15) is 35.8 Å². The Morgan fingerprint density at radius 1 is 1.07 bits per heavy atom. The maximum absolute atomic E-state index is 13.2. The quantitative estimate of drug-likeness (QED) is 0.821. The minimum Gasteiger partial charge on any atom is -0.341 e. The molecule has 2 amide bonds. The Bertz CT molecular complexity index is 868. The number of piperidine rings is 1. The third kappa shape index (κ3) is 3.44. The van der Waals surface area contributed by atoms with Crippen molar-refractivity contribution in [2.45, 2.75) is 32.7 Å². The first kappa shape index (κ1) is 17.6. The molecular weight excluding hydrogens is 340 g/mol. The molecule has 0 saturated carbocycles. The monoisotopic (exact) mass is 364 g/mol. The summed E-state index contributed by atoms with van der Waals surface area (Å²) in [5.74, 6) is 1.05. The van der Waals surface area contributed by atoms with Crippen LogP contribution in [-0.2, 0) is 4.79 Å². The number of carbonyl (C=O) groups is 2. The van der Waals surface area contributed by atoms with Crippen LogP contribution in [0.5, 0.6) is 0 Å². The minimum atomic E-state index is -0.0211. The molecule has 0 spiro atoms. The molecule has 3 aliphatic rings. The molecule has 4 heterocycles. The summed E-state index contributed by atoms with van der Waals surface area (Å²) in [6.45, 7) is 5.54. The van der Waals surface area contributed by atoms with Gasteiger partial charge in [0.05, 0.1) is 11.3 Å². The maximum atomic E-state index is 13.2. The van der Waals surface area contributed by atoms with Gasteiger partial charge in [-0.05, 0) is 25.7 Å². The molecule has 2 unspecified atom stereocenters. The van der Waals surface area contributed by atoms with Gasteiger partial charge in [-0.25, -0.2) is 9.97 Å². The van der Waals surface area contributed by atoms with Crippen molar-refractivity contribution in [2.75, 3.05) is 19.6 Å². The Morgan fingerprint density at radius 2 is 1.85 bits per heavy atom. The lowest BCUT2D eigenvalue weighted by molar-refractivity contribution is -0.129. The second-order valence-electron chi connectivity index (χ2n) is 7.54. The summed E-state index contributed by atoms with van der Waals surface area (Å²) in [7, 11) is 0. The Labute approximate surface area is 159 Å². The van der Waals surface area contributed by atoms with Crippen LogP contribution >= 0.6 is 0 Å². The number of fused-ring (bicyclic) bond motifs is 4. The van der Waals surface area contributed by atoms with Crippen LogP contribution in [0, 0.1) is 12.8 Å². The molecule has 140 valence electrons. The molecule has 6 nitrogen and oxygen atoms in total. The van der Waals surface area contributed by atoms with E-state index in [2.05, 4.69) is 9.97 Å². The Balaban J connectivity index is 1.59. The van der Waals surface area contributed by atoms with E-state index in [1.807, 2.05) is 47.1 Å². The van der Waals surface area contributed by atoms with Gasteiger partial charge in [0.25, 0.3) is 5.91 Å². The number of hydrogen-bond acceptors (Lipinski definition) is 4. The van der Waals surface area contributed by atoms with Crippen molar-refractivity contribution in [2.24, 2.45) is 5.92 Å². The molecule has 0 aliphatic carbocycles. The number of aromatic nitrogens is 2. The third-order valence-corrected chi connectivity index (χ3v) is 5.66. The zero-order valence-electron chi connectivity index (χ0n) is 15.8. The van der Waals surface area contributed by atoms with Crippen LogP contribution in [0.2, 0.25) is 0 Å². The summed E-state index contributed by atoms with van der Waals surface area (Å²) >= 11 is 0. The summed E-state index contributed by atoms with van der Waals surface area (Å²) in [5.41, 5.74) is 2.18. The van der Waals surface area contributed by atoms with E-state index in [1.54, 1.807) is 13.1 Å². The highest BCUT2D eigenvalue weighted by Gasteiger charge is 2.38. The van der Waals surface area contributed by atoms with E-state index in [0.29, 0.717) is 36.1 Å². The molecule has 1 aromatic carbocycles. The zero-order chi connectivity index (χ0) is 19.0. The number of rotatable bonds is 2. The molecule has 27 heavy (non-hydrogen) atoms. The van der Waals surface area contributed by atoms with Crippen LogP contribution in [0.3, 0.4) is 0 Å². The lowest BCUT2D eigenvalue weighted by Gasteiger charge is -2.36. The van der Waals surface area contributed by atoms with E-state index in [-0.39, 0.29) is 17.9 Å². The van der Waals surface area contributed by atoms with Crippen molar-refractivity contribution in [3.05, 3.63) is 47.8 Å². The smallest absolute Gasteiger partial charge is 0.257 e. The molecule has 1 aromatic heterocycles. The molecule has 2 atom stereocenters. The van der Waals surface area contributed by atoms with Gasteiger partial charge in [0.15, 0.2) is 5.82 Å². The first-order valence-electron chi connectivity index (χ1n) is 9.48. The fourth-order valence-electron chi connectivity index (χ4n) is 4.15. The van der Waals surface area contributed by atoms with Gasteiger partial charge in [-0.3, -0.25) is 9.59 Å². The first-order chi connectivity index (χ1) is 13.0. The molecule has 0 radical (unpaired) electrons. The predicted molar refractivity (Wildman–Crippen MR) is 102 cm³/mol. The first-order valence-corrected chi connectivity index (χ1v) is 9.48. The summed E-state index contributed by atoms with van der Waals surface area (Å²) in [5, 5.41) is 0. The van der Waals surface area contributed by atoms with Crippen molar-refractivity contribution < 1.29 is 9.59 Å². The van der Waals surface area contributed by atoms with Crippen LogP contribution < -0.4 is 0 Å². The molecule has 3 fully saturated rings. The van der Waals surface area contributed by atoms with Gasteiger partial charge in [-0.15, -0.1) is 0 Å². The predicted octanol–water partition coefficient (Wildman–Crippen LogP) is 2.53. The molecular formula is C21H24N4O2. The summed E-state index contributed by atoms with van der Waals surface area (Å²) in [6.07, 6.45) is 3.66. The number of benzene rings is 1. The molecule has 3 saturated heterocycles. The normalized spacial score (nSPS) is 21.9. The van der Waals surface area contributed by atoms with E-state index in [4.69, 9.17) is 0 Å². The van der Waals surface area contributed by atoms with Gasteiger partial charge in [0.1, 0.15) is 0 Å². The maximum Gasteiger partial charge on any atom is 0.257 e. The molecule has 5 rings (SSSR count). The van der Waals surface area contributed by atoms with E-state index in [0.717, 1.165) is 24.9 Å². The number of amides is 2. The number of hydrogen-bond donors (Lipinski definition) is 0. The third-order valence-electron chi connectivity index (χ3n) is 5.66. The second kappa shape index (κ2) is 7.10. The molecule has 6 heteroatoms. The van der Waals surface area contributed by atoms with Crippen molar-refractivity contribution in [1.29, 1.82) is 0 Å². The summed E-state index contributed by atoms with van der Waals surface area (Å²) < 4.78 is 0. The fourth-order valence-corrected chi connectivity index (χ4v) is 4.15. The minimum absolute atomic E-state index is 0.0211. The van der Waals surface area contributed by atoms with Gasteiger partial charge >= 0.3 is 0 Å². The van der Waals surface area contributed by atoms with Crippen LogP contribution in [0.15, 0.2) is 36.5 Å². The summed E-state index contributed by atoms with van der Waals surface area (Å²) in [4.78, 5) is 37.9. The topological polar surface area (TPSA) is 66.4 Å². The summed E-state index contributed by atoms with van der Waals surface area (Å²) in [6, 6.07) is 9.84. The van der Waals surface area contributed by atoms with Crippen LogP contribution in [0.4, 0.5) is 0 Å². The number of carbonyl (C=O) groups excluding carboxylic acids is 2. The molecule has 2 bridgehead atoms. The van der Waals surface area contributed by atoms with Gasteiger partial charge in [-0.2, -0.15) is 0 Å². The van der Waals surface area contributed by atoms with Gasteiger partial charge in [0.2, 0.25) is 5.91 Å². The highest BCUT2D eigenvalue weighted by molar-refractivity contribution is 5.95. The van der Waals surface area contributed by atoms with E-state index >= 15 is 0 Å². The van der Waals surface area contributed by atoms with Gasteiger partial charge < -0.3 is 9.80 Å². The van der Waals surface area contributed by atoms with Gasteiger partial charge in [0, 0.05) is 44.4 Å². The standard InChI is InChI=1S/C21H24N4O2/c1-14-19(10-22-20(23-14)17-6-4-3-5-7-17)21(27)25-12-16-8-9-18(25)13-24(11-16)15(2)26/h3-7,10,16,18H,8-9,11-13H2,1-2H3. The zero-order valence-corrected chi connectivity index (χ0v) is 15.8. The highest BCUT2D eigenvalue weighted by atomic mass is 16.2. The van der Waals surface area contributed by atoms with Crippen molar-refractivity contribution in [3.8, 4) is 11.4 Å². The van der Waals surface area contributed by atoms with E-state index in [1.165, 1.54) is 0 Å². The average molecular weight is 364 g/mol. The van der Waals surface area contributed by atoms with Crippen LogP contribution in [-0.4, -0.2) is 57.3 Å². The van der Waals surface area contributed by atoms with Crippen LogP contribution in [0.25, 0.3) is 11.4 Å². The van der Waals surface area contributed by atoms with E-state index in [9.17, 15) is 9.59 Å². The SMILES string of the molecule is CC(=O)N1CC2CCC(C1)N(C(=O)c1cnc(-c3ccccc3)nc1C)C2. The average Bonchev–Trinajstić information content (AvgIpc) is 3.00. The molecule has 0 N–H and O–H groups in total. The number of aryl methyl sites for hydroxylation is 1. The number of nitrogens with zero attached hydrogens (tertiary/aromatic N) is 4. The Morgan fingerprint density at radius 3 is 2.56 bits per heavy atom. The van der Waals surface area contributed by atoms with Crippen molar-refractivity contribution >= 4 is 11.8 Å². The molecule has 2 aromatic rings. The van der Waals surface area contributed by atoms with Gasteiger partial charge in [-0.1, -0.05) is 30.3 Å². The highest BCUT2D eigenvalue weighted by Crippen LogP contribution is 2.29.